The van der Waals surface area contributed by atoms with Gasteiger partial charge in [0.15, 0.2) is 11.5 Å². The molecule has 2 aromatic carbocycles. The molecule has 28 heavy (non-hydrogen) atoms. The molecule has 5 rings (SSSR count). The lowest BCUT2D eigenvalue weighted by atomic mass is 10.1. The van der Waals surface area contributed by atoms with Gasteiger partial charge in [0.25, 0.3) is 0 Å². The summed E-state index contributed by atoms with van der Waals surface area (Å²) in [5.74, 6) is 1.47. The summed E-state index contributed by atoms with van der Waals surface area (Å²) < 4.78 is 14.7. The van der Waals surface area contributed by atoms with Gasteiger partial charge in [0, 0.05) is 17.3 Å². The SMILES string of the molecule is C(=Nn1cnnc1)c1cn(-c2ccccc2)nc1-c1ccc2c(c1)OCCO2. The molecule has 0 saturated heterocycles. The van der Waals surface area contributed by atoms with Crippen LogP contribution in [0, 0.1) is 0 Å². The number of aromatic nitrogens is 5. The van der Waals surface area contributed by atoms with E-state index in [1.165, 1.54) is 17.3 Å². The number of nitrogens with zero attached hydrogens (tertiary/aromatic N) is 6. The first kappa shape index (κ1) is 16.2. The van der Waals surface area contributed by atoms with Gasteiger partial charge in [0.2, 0.25) is 0 Å². The predicted octanol–water partition coefficient (Wildman–Crippen LogP) is 2.78. The molecular weight excluding hydrogens is 356 g/mol. The average molecular weight is 372 g/mol. The summed E-state index contributed by atoms with van der Waals surface area (Å²) in [6.07, 6.45) is 6.74. The highest BCUT2D eigenvalue weighted by molar-refractivity contribution is 5.89. The van der Waals surface area contributed by atoms with Crippen molar-refractivity contribution >= 4 is 6.21 Å². The second-order valence-electron chi connectivity index (χ2n) is 6.16. The van der Waals surface area contributed by atoms with Gasteiger partial charge < -0.3 is 9.47 Å². The summed E-state index contributed by atoms with van der Waals surface area (Å²) in [7, 11) is 0. The number of hydrogen-bond acceptors (Lipinski definition) is 6. The molecule has 0 amide bonds. The predicted molar refractivity (Wildman–Crippen MR) is 103 cm³/mol. The third-order valence-electron chi connectivity index (χ3n) is 4.32. The lowest BCUT2D eigenvalue weighted by Crippen LogP contribution is -2.15. The third-order valence-corrected chi connectivity index (χ3v) is 4.32. The van der Waals surface area contributed by atoms with Crippen molar-refractivity contribution in [2.24, 2.45) is 5.10 Å². The summed E-state index contributed by atoms with van der Waals surface area (Å²) in [5, 5.41) is 16.7. The van der Waals surface area contributed by atoms with E-state index in [-0.39, 0.29) is 0 Å². The van der Waals surface area contributed by atoms with Gasteiger partial charge in [-0.2, -0.15) is 10.2 Å². The van der Waals surface area contributed by atoms with E-state index in [0.717, 1.165) is 34.0 Å². The van der Waals surface area contributed by atoms with Crippen molar-refractivity contribution in [2.75, 3.05) is 13.2 Å². The molecule has 0 aliphatic carbocycles. The first-order chi connectivity index (χ1) is 13.9. The fourth-order valence-electron chi connectivity index (χ4n) is 2.99. The van der Waals surface area contributed by atoms with Gasteiger partial charge in [-0.25, -0.2) is 9.36 Å². The van der Waals surface area contributed by atoms with Crippen LogP contribution < -0.4 is 9.47 Å². The van der Waals surface area contributed by atoms with Crippen LogP contribution in [0.4, 0.5) is 0 Å². The number of fused-ring (bicyclic) bond motifs is 1. The molecule has 0 radical (unpaired) electrons. The highest BCUT2D eigenvalue weighted by Gasteiger charge is 2.16. The quantitative estimate of drug-likeness (QED) is 0.515. The Kier molecular flexibility index (Phi) is 4.06. The van der Waals surface area contributed by atoms with Crippen molar-refractivity contribution in [1.29, 1.82) is 0 Å². The Labute approximate surface area is 160 Å². The maximum atomic E-state index is 5.72. The van der Waals surface area contributed by atoms with E-state index in [1.807, 2.05) is 59.4 Å². The second-order valence-corrected chi connectivity index (χ2v) is 6.16. The molecule has 2 aromatic heterocycles. The number of hydrogen-bond donors (Lipinski definition) is 0. The van der Waals surface area contributed by atoms with Crippen LogP contribution in [0.5, 0.6) is 11.5 Å². The van der Waals surface area contributed by atoms with Crippen LogP contribution in [0.2, 0.25) is 0 Å². The smallest absolute Gasteiger partial charge is 0.162 e. The Bertz CT molecular complexity index is 1120. The molecule has 4 aromatic rings. The molecular formula is C20H16N6O2. The summed E-state index contributed by atoms with van der Waals surface area (Å²) in [6.45, 7) is 1.10. The molecule has 0 spiro atoms. The van der Waals surface area contributed by atoms with E-state index in [4.69, 9.17) is 14.6 Å². The largest absolute Gasteiger partial charge is 0.486 e. The second kappa shape index (κ2) is 6.99. The molecule has 0 N–H and O–H groups in total. The summed E-state index contributed by atoms with van der Waals surface area (Å²) in [5.41, 5.74) is 3.53. The van der Waals surface area contributed by atoms with Crippen molar-refractivity contribution in [3.63, 3.8) is 0 Å². The minimum absolute atomic E-state index is 0.539. The molecule has 0 atom stereocenters. The number of benzene rings is 2. The van der Waals surface area contributed by atoms with E-state index in [1.54, 1.807) is 6.21 Å². The molecule has 138 valence electrons. The fraction of sp³-hybridized carbons (Fsp3) is 0.100. The van der Waals surface area contributed by atoms with Gasteiger partial charge in [-0.3, -0.25) is 0 Å². The fourth-order valence-corrected chi connectivity index (χ4v) is 2.99. The zero-order valence-electron chi connectivity index (χ0n) is 14.8. The maximum absolute atomic E-state index is 5.72. The van der Waals surface area contributed by atoms with Crippen molar-refractivity contribution in [3.8, 4) is 28.4 Å². The summed E-state index contributed by atoms with van der Waals surface area (Å²) in [6, 6.07) is 15.8. The highest BCUT2D eigenvalue weighted by Crippen LogP contribution is 2.35. The molecule has 8 nitrogen and oxygen atoms in total. The van der Waals surface area contributed by atoms with Gasteiger partial charge in [-0.05, 0) is 30.3 Å². The first-order valence-corrected chi connectivity index (χ1v) is 8.81. The zero-order chi connectivity index (χ0) is 18.8. The van der Waals surface area contributed by atoms with Crippen LogP contribution in [0.25, 0.3) is 16.9 Å². The normalized spacial score (nSPS) is 13.1. The average Bonchev–Trinajstić information content (AvgIpc) is 3.42. The van der Waals surface area contributed by atoms with Gasteiger partial charge in [-0.15, -0.1) is 10.2 Å². The van der Waals surface area contributed by atoms with Crippen molar-refractivity contribution in [2.45, 2.75) is 0 Å². The Hall–Kier alpha value is -3.94. The molecule has 0 fully saturated rings. The summed E-state index contributed by atoms with van der Waals surface area (Å²) >= 11 is 0. The molecule has 0 bridgehead atoms. The lowest BCUT2D eigenvalue weighted by molar-refractivity contribution is 0.171. The Morgan fingerprint density at radius 2 is 1.71 bits per heavy atom. The van der Waals surface area contributed by atoms with Gasteiger partial charge in [-0.1, -0.05) is 18.2 Å². The van der Waals surface area contributed by atoms with Crippen molar-refractivity contribution in [1.82, 2.24) is 24.7 Å². The topological polar surface area (TPSA) is 79.4 Å². The Balaban J connectivity index is 1.60. The minimum Gasteiger partial charge on any atom is -0.486 e. The van der Waals surface area contributed by atoms with E-state index < -0.39 is 0 Å². The van der Waals surface area contributed by atoms with Crippen LogP contribution in [0.3, 0.4) is 0 Å². The van der Waals surface area contributed by atoms with Gasteiger partial charge in [0.05, 0.1) is 11.9 Å². The van der Waals surface area contributed by atoms with Crippen molar-refractivity contribution < 1.29 is 9.47 Å². The molecule has 3 heterocycles. The molecule has 0 unspecified atom stereocenters. The minimum atomic E-state index is 0.539. The van der Waals surface area contributed by atoms with E-state index in [9.17, 15) is 0 Å². The maximum Gasteiger partial charge on any atom is 0.162 e. The summed E-state index contributed by atoms with van der Waals surface area (Å²) in [4.78, 5) is 0. The standard InChI is InChI=1S/C20H16N6O2/c1-2-4-17(5-3-1)26-12-16(11-23-25-13-21-22-14-25)20(24-26)15-6-7-18-19(10-15)28-9-8-27-18/h1-7,10-14H,8-9H2. The Morgan fingerprint density at radius 3 is 2.54 bits per heavy atom. The highest BCUT2D eigenvalue weighted by atomic mass is 16.6. The van der Waals surface area contributed by atoms with Crippen LogP contribution in [0.15, 0.2) is 72.5 Å². The number of rotatable bonds is 4. The van der Waals surface area contributed by atoms with Crippen LogP contribution in [0.1, 0.15) is 5.56 Å². The molecule has 0 saturated carbocycles. The molecule has 1 aliphatic rings. The van der Waals surface area contributed by atoms with E-state index in [0.29, 0.717) is 13.2 Å². The molecule has 8 heteroatoms. The first-order valence-electron chi connectivity index (χ1n) is 8.81. The van der Waals surface area contributed by atoms with Crippen LogP contribution >= 0.6 is 0 Å². The van der Waals surface area contributed by atoms with Gasteiger partial charge >= 0.3 is 0 Å². The third kappa shape index (κ3) is 3.11. The Morgan fingerprint density at radius 1 is 0.929 bits per heavy atom. The zero-order valence-corrected chi connectivity index (χ0v) is 14.8. The number of ether oxygens (including phenoxy) is 2. The van der Waals surface area contributed by atoms with Gasteiger partial charge in [0.1, 0.15) is 31.6 Å². The van der Waals surface area contributed by atoms with E-state index >= 15 is 0 Å². The number of para-hydroxylation sites is 1. The lowest BCUT2D eigenvalue weighted by Gasteiger charge is -2.18. The monoisotopic (exact) mass is 372 g/mol. The molecule has 1 aliphatic heterocycles. The van der Waals surface area contributed by atoms with Crippen LogP contribution in [-0.2, 0) is 0 Å². The van der Waals surface area contributed by atoms with Crippen molar-refractivity contribution in [3.05, 3.63) is 72.9 Å². The van der Waals surface area contributed by atoms with E-state index in [2.05, 4.69) is 15.3 Å². The van der Waals surface area contributed by atoms with Crippen LogP contribution in [-0.4, -0.2) is 44.1 Å².